The highest BCUT2D eigenvalue weighted by Gasteiger charge is 2.42. The number of nitrogens with one attached hydrogen (secondary N) is 1. The van der Waals surface area contributed by atoms with Crippen LogP contribution in [0, 0.1) is 24.0 Å². The van der Waals surface area contributed by atoms with Gasteiger partial charge in [-0.2, -0.15) is 0 Å². The molecule has 3 heterocycles. The Kier molecular flexibility index (Phi) is 7.40. The largest absolute Gasteiger partial charge is 0.508 e. The monoisotopic (exact) mass is 593 g/mol. The Bertz CT molecular complexity index is 1760. The van der Waals surface area contributed by atoms with Crippen LogP contribution in [-0.4, -0.2) is 24.7 Å². The lowest BCUT2D eigenvalue weighted by molar-refractivity contribution is -0.384. The summed E-state index contributed by atoms with van der Waals surface area (Å²) in [6, 6.07) is 29.7. The Hall–Kier alpha value is -4.67. The Morgan fingerprint density at radius 3 is 2.19 bits per heavy atom. The van der Waals surface area contributed by atoms with Crippen molar-refractivity contribution in [3.63, 3.8) is 0 Å². The molecular formula is C32H27N5O3S2. The molecule has 8 nitrogen and oxygen atoms in total. The van der Waals surface area contributed by atoms with Gasteiger partial charge in [-0.3, -0.25) is 15.1 Å². The van der Waals surface area contributed by atoms with Crippen LogP contribution in [-0.2, 0) is 0 Å². The molecule has 10 heteroatoms. The smallest absolute Gasteiger partial charge is 0.269 e. The fourth-order valence-electron chi connectivity index (χ4n) is 5.48. The van der Waals surface area contributed by atoms with E-state index in [0.29, 0.717) is 5.11 Å². The molecule has 0 amide bonds. The van der Waals surface area contributed by atoms with E-state index in [2.05, 4.69) is 51.8 Å². The number of nitrogens with zero attached hydrogens (tertiary/aromatic N) is 4. The Balaban J connectivity index is 1.37. The minimum atomic E-state index is -0.396. The standard InChI is InChI=1S/C32H27N5O3S2/c1-20-19-28(21(2)35(20)22-6-12-25(38)13-7-22)31-30(29-5-3-4-18-33-29)34-32(41)36(31)23-8-14-26(15-9-23)42-27-16-10-24(11-17-27)37(39)40/h3-19,30-31,38H,1-2H3,(H,34,41). The van der Waals surface area contributed by atoms with Crippen molar-refractivity contribution in [2.45, 2.75) is 35.7 Å². The number of thiocarbonyl (C=S) groups is 1. The van der Waals surface area contributed by atoms with Gasteiger partial charge in [0.05, 0.1) is 22.7 Å². The van der Waals surface area contributed by atoms with Gasteiger partial charge in [0.15, 0.2) is 5.11 Å². The highest BCUT2D eigenvalue weighted by atomic mass is 32.2. The average molecular weight is 594 g/mol. The molecule has 2 aromatic heterocycles. The van der Waals surface area contributed by atoms with Crippen molar-refractivity contribution in [1.29, 1.82) is 0 Å². The number of aromatic hydroxyl groups is 1. The number of phenolic OH excluding ortho intramolecular Hbond substituents is 1. The zero-order valence-corrected chi connectivity index (χ0v) is 24.5. The molecule has 0 radical (unpaired) electrons. The second kappa shape index (κ2) is 11.3. The molecular weight excluding hydrogens is 567 g/mol. The molecule has 3 aromatic carbocycles. The first-order valence-electron chi connectivity index (χ1n) is 13.3. The number of rotatable bonds is 7. The summed E-state index contributed by atoms with van der Waals surface area (Å²) in [5, 5.41) is 25.0. The summed E-state index contributed by atoms with van der Waals surface area (Å²) in [7, 11) is 0. The highest BCUT2D eigenvalue weighted by molar-refractivity contribution is 7.99. The van der Waals surface area contributed by atoms with Crippen molar-refractivity contribution in [3.8, 4) is 11.4 Å². The van der Waals surface area contributed by atoms with Crippen molar-refractivity contribution in [2.24, 2.45) is 0 Å². The second-order valence-corrected chi connectivity index (χ2v) is 11.6. The Morgan fingerprint density at radius 2 is 1.57 bits per heavy atom. The molecule has 0 aliphatic carbocycles. The van der Waals surface area contributed by atoms with Crippen LogP contribution in [0.4, 0.5) is 11.4 Å². The lowest BCUT2D eigenvalue weighted by Gasteiger charge is -2.28. The number of pyridine rings is 1. The molecule has 0 bridgehead atoms. The van der Waals surface area contributed by atoms with Gasteiger partial charge in [-0.25, -0.2) is 0 Å². The number of aromatic nitrogens is 2. The molecule has 2 unspecified atom stereocenters. The first kappa shape index (κ1) is 27.5. The molecule has 0 saturated carbocycles. The predicted octanol–water partition coefficient (Wildman–Crippen LogP) is 7.43. The van der Waals surface area contributed by atoms with Gasteiger partial charge in [-0.1, -0.05) is 17.8 Å². The minimum absolute atomic E-state index is 0.0722. The summed E-state index contributed by atoms with van der Waals surface area (Å²) < 4.78 is 2.19. The predicted molar refractivity (Wildman–Crippen MR) is 169 cm³/mol. The summed E-state index contributed by atoms with van der Waals surface area (Å²) >= 11 is 7.47. The fourth-order valence-corrected chi connectivity index (χ4v) is 6.64. The number of hydrogen-bond acceptors (Lipinski definition) is 6. The maximum atomic E-state index is 11.0. The molecule has 1 fully saturated rings. The van der Waals surface area contributed by atoms with E-state index in [4.69, 9.17) is 12.2 Å². The van der Waals surface area contributed by atoms with Crippen LogP contribution in [0.5, 0.6) is 5.75 Å². The molecule has 6 rings (SSSR count). The van der Waals surface area contributed by atoms with Crippen LogP contribution in [0.1, 0.15) is 34.7 Å². The van der Waals surface area contributed by atoms with E-state index < -0.39 is 4.92 Å². The summed E-state index contributed by atoms with van der Waals surface area (Å²) in [5.41, 5.74) is 6.14. The SMILES string of the molecule is Cc1cc(C2C(c3ccccn3)NC(=S)N2c2ccc(Sc3ccc([N+](=O)[O-])cc3)cc2)c(C)n1-c1ccc(O)cc1. The molecule has 210 valence electrons. The summed E-state index contributed by atoms with van der Waals surface area (Å²) in [6.07, 6.45) is 1.80. The van der Waals surface area contributed by atoms with Gasteiger partial charge in [0.1, 0.15) is 5.75 Å². The second-order valence-electron chi connectivity index (χ2n) is 10.0. The topological polar surface area (TPSA) is 96.5 Å². The van der Waals surface area contributed by atoms with Crippen molar-refractivity contribution >= 4 is 40.5 Å². The third kappa shape index (κ3) is 5.22. The molecule has 1 saturated heterocycles. The van der Waals surface area contributed by atoms with Gasteiger partial charge in [0.25, 0.3) is 5.69 Å². The van der Waals surface area contributed by atoms with Gasteiger partial charge < -0.3 is 19.9 Å². The number of nitro benzene ring substituents is 1. The maximum absolute atomic E-state index is 11.0. The van der Waals surface area contributed by atoms with Crippen LogP contribution in [0.2, 0.25) is 0 Å². The maximum Gasteiger partial charge on any atom is 0.269 e. The van der Waals surface area contributed by atoms with Gasteiger partial charge in [-0.15, -0.1) is 0 Å². The van der Waals surface area contributed by atoms with Crippen molar-refractivity contribution in [2.75, 3.05) is 4.90 Å². The van der Waals surface area contributed by atoms with Gasteiger partial charge >= 0.3 is 0 Å². The molecule has 5 aromatic rings. The lowest BCUT2D eigenvalue weighted by Crippen LogP contribution is -2.29. The van der Waals surface area contributed by atoms with Crippen LogP contribution in [0.15, 0.2) is 113 Å². The number of anilines is 1. The van der Waals surface area contributed by atoms with E-state index in [1.165, 1.54) is 12.1 Å². The van der Waals surface area contributed by atoms with E-state index in [-0.39, 0.29) is 23.5 Å². The summed E-state index contributed by atoms with van der Waals surface area (Å²) in [5.74, 6) is 0.225. The van der Waals surface area contributed by atoms with Crippen molar-refractivity contribution < 1.29 is 10.0 Å². The van der Waals surface area contributed by atoms with Crippen molar-refractivity contribution in [1.82, 2.24) is 14.9 Å². The van der Waals surface area contributed by atoms with Crippen LogP contribution >= 0.6 is 24.0 Å². The third-order valence-electron chi connectivity index (χ3n) is 7.39. The number of hydrogen-bond donors (Lipinski definition) is 2. The Labute approximate surface area is 252 Å². The van der Waals surface area contributed by atoms with Crippen LogP contribution < -0.4 is 10.2 Å². The number of phenols is 1. The zero-order valence-electron chi connectivity index (χ0n) is 22.8. The molecule has 1 aliphatic heterocycles. The molecule has 2 N–H and O–H groups in total. The summed E-state index contributed by atoms with van der Waals surface area (Å²) in [4.78, 5) is 19.3. The van der Waals surface area contributed by atoms with Gasteiger partial charge in [0, 0.05) is 50.9 Å². The van der Waals surface area contributed by atoms with Crippen LogP contribution in [0.3, 0.4) is 0 Å². The zero-order chi connectivity index (χ0) is 29.4. The van der Waals surface area contributed by atoms with Gasteiger partial charge in [-0.05, 0) is 110 Å². The van der Waals surface area contributed by atoms with E-state index in [1.54, 1.807) is 42.2 Å². The van der Waals surface area contributed by atoms with E-state index in [9.17, 15) is 15.2 Å². The van der Waals surface area contributed by atoms with Gasteiger partial charge in [0.2, 0.25) is 0 Å². The number of nitro groups is 1. The fraction of sp³-hybridized carbons (Fsp3) is 0.125. The molecule has 1 aliphatic rings. The van der Waals surface area contributed by atoms with E-state index in [1.807, 2.05) is 42.5 Å². The molecule has 0 spiro atoms. The Morgan fingerprint density at radius 1 is 0.929 bits per heavy atom. The molecule has 2 atom stereocenters. The van der Waals surface area contributed by atoms with Crippen molar-refractivity contribution in [3.05, 3.63) is 136 Å². The number of benzene rings is 3. The first-order chi connectivity index (χ1) is 20.3. The lowest BCUT2D eigenvalue weighted by atomic mass is 9.96. The number of non-ortho nitro benzene ring substituents is 1. The molecule has 42 heavy (non-hydrogen) atoms. The van der Waals surface area contributed by atoms with E-state index in [0.717, 1.165) is 43.8 Å². The highest BCUT2D eigenvalue weighted by Crippen LogP contribution is 2.44. The van der Waals surface area contributed by atoms with E-state index >= 15 is 0 Å². The van der Waals surface area contributed by atoms with Crippen LogP contribution in [0.25, 0.3) is 5.69 Å². The quantitative estimate of drug-likeness (QED) is 0.114. The minimum Gasteiger partial charge on any atom is -0.508 e. The third-order valence-corrected chi connectivity index (χ3v) is 8.72. The summed E-state index contributed by atoms with van der Waals surface area (Å²) in [6.45, 7) is 4.18. The number of aryl methyl sites for hydroxylation is 1. The average Bonchev–Trinajstić information content (AvgIpc) is 3.49. The normalized spacial score (nSPS) is 16.4. The first-order valence-corrected chi connectivity index (χ1v) is 14.5.